The smallest absolute Gasteiger partial charge is 0.408 e. The minimum absolute atomic E-state index is 0.287. The summed E-state index contributed by atoms with van der Waals surface area (Å²) < 4.78 is 4.55. The van der Waals surface area contributed by atoms with Gasteiger partial charge in [0.2, 0.25) is 0 Å². The predicted molar refractivity (Wildman–Crippen MR) is 180 cm³/mol. The summed E-state index contributed by atoms with van der Waals surface area (Å²) in [6.07, 6.45) is 3.00. The zero-order valence-corrected chi connectivity index (χ0v) is 27.2. The van der Waals surface area contributed by atoms with Crippen LogP contribution in [-0.2, 0) is 14.3 Å². The van der Waals surface area contributed by atoms with E-state index < -0.39 is 36.3 Å². The van der Waals surface area contributed by atoms with Gasteiger partial charge >= 0.3 is 12.1 Å². The van der Waals surface area contributed by atoms with E-state index in [0.29, 0.717) is 37.6 Å². The molecule has 0 saturated carbocycles. The molecule has 50 heavy (non-hydrogen) atoms. The van der Waals surface area contributed by atoms with E-state index in [1.165, 1.54) is 7.11 Å². The van der Waals surface area contributed by atoms with E-state index in [1.54, 1.807) is 22.2 Å². The van der Waals surface area contributed by atoms with Gasteiger partial charge in [-0.05, 0) is 47.9 Å². The normalized spacial score (nSPS) is 18.4. The van der Waals surface area contributed by atoms with Gasteiger partial charge in [-0.1, -0.05) is 48.5 Å². The molecule has 2 aliphatic heterocycles. The first-order valence-electron chi connectivity index (χ1n) is 16.1. The van der Waals surface area contributed by atoms with Gasteiger partial charge in [0.1, 0.15) is 11.6 Å². The van der Waals surface area contributed by atoms with Gasteiger partial charge < -0.3 is 41.3 Å². The second-order valence-electron chi connectivity index (χ2n) is 12.0. The molecule has 4 atom stereocenters. The van der Waals surface area contributed by atoms with E-state index in [9.17, 15) is 24.1 Å². The summed E-state index contributed by atoms with van der Waals surface area (Å²) in [6, 6.07) is 14.2. The molecule has 0 radical (unpaired) electrons. The molecule has 6 rings (SSSR count). The van der Waals surface area contributed by atoms with Crippen molar-refractivity contribution in [2.45, 2.75) is 50.1 Å². The van der Waals surface area contributed by atoms with Crippen LogP contribution < -0.4 is 22.1 Å². The van der Waals surface area contributed by atoms with E-state index in [2.05, 4.69) is 40.5 Å². The lowest BCUT2D eigenvalue weighted by Gasteiger charge is -2.26. The summed E-state index contributed by atoms with van der Waals surface area (Å²) in [5.74, 6) is 0.324. The number of aromatic nitrogens is 4. The van der Waals surface area contributed by atoms with Gasteiger partial charge in [0.25, 0.3) is 11.8 Å². The highest BCUT2D eigenvalue weighted by Gasteiger charge is 2.36. The Bertz CT molecular complexity index is 1870. The molecule has 2 aromatic heterocycles. The molecule has 8 N–H and O–H groups in total. The van der Waals surface area contributed by atoms with Crippen molar-refractivity contribution in [1.29, 1.82) is 0 Å². The largest absolute Gasteiger partial charge is 0.453 e. The Morgan fingerprint density at radius 2 is 1.18 bits per heavy atom. The van der Waals surface area contributed by atoms with Crippen molar-refractivity contribution in [3.63, 3.8) is 0 Å². The van der Waals surface area contributed by atoms with Crippen LogP contribution in [0.25, 0.3) is 33.6 Å². The van der Waals surface area contributed by atoms with E-state index >= 15 is 0 Å². The second-order valence-corrected chi connectivity index (χ2v) is 12.0. The van der Waals surface area contributed by atoms with Crippen molar-refractivity contribution in [3.8, 4) is 33.6 Å². The Kier molecular flexibility index (Phi) is 9.96. The Morgan fingerprint density at radius 1 is 0.760 bits per heavy atom. The molecule has 2 aliphatic rings. The van der Waals surface area contributed by atoms with E-state index in [1.807, 2.05) is 48.5 Å². The number of nitrogens with zero attached hydrogens (tertiary/aromatic N) is 5. The molecule has 5 amide bonds. The highest BCUT2D eigenvalue weighted by Crippen LogP contribution is 2.34. The number of imidazole rings is 2. The van der Waals surface area contributed by atoms with E-state index in [0.717, 1.165) is 46.5 Å². The third-order valence-electron chi connectivity index (χ3n) is 8.97. The molecule has 2 aromatic carbocycles. The number of likely N-dealkylation sites (tertiary alicyclic amines) is 2. The lowest BCUT2D eigenvalue weighted by molar-refractivity contribution is -0.134. The topological polar surface area (TPSA) is 247 Å². The SMILES string of the molecule is COC(=O)N[C@@H](N)C(=O)N1CCC[C@@H]1c1ncc(-c2ccc(-c3ccc(-c4cnc([C@@H]5CCCN5C(=O)[C@@H](N)NC(=O)N=O)[nH]4)cc3)cc2)[nH]1. The molecular formula is C33H37N11O6. The number of methoxy groups -OCH3 is 1. The maximum Gasteiger partial charge on any atom is 0.408 e. The van der Waals surface area contributed by atoms with Crippen LogP contribution in [0.3, 0.4) is 0 Å². The van der Waals surface area contributed by atoms with Gasteiger partial charge in [0.05, 0.1) is 43.0 Å². The molecule has 2 saturated heterocycles. The number of ether oxygens (including phenoxy) is 1. The number of alkyl carbamates (subject to hydrolysis) is 1. The number of hydrogen-bond acceptors (Lipinski definition) is 10. The Morgan fingerprint density at radius 3 is 1.60 bits per heavy atom. The maximum atomic E-state index is 12.9. The van der Waals surface area contributed by atoms with Crippen LogP contribution in [0.2, 0.25) is 0 Å². The minimum atomic E-state index is -1.38. The third kappa shape index (κ3) is 7.08. The monoisotopic (exact) mass is 683 g/mol. The van der Waals surface area contributed by atoms with E-state index in [-0.39, 0.29) is 12.1 Å². The quantitative estimate of drug-likeness (QED) is 0.111. The van der Waals surface area contributed by atoms with Gasteiger partial charge in [-0.15, -0.1) is 4.91 Å². The van der Waals surface area contributed by atoms with Crippen molar-refractivity contribution < 1.29 is 23.9 Å². The third-order valence-corrected chi connectivity index (χ3v) is 8.97. The summed E-state index contributed by atoms with van der Waals surface area (Å²) in [5, 5.41) is 6.62. The number of rotatable bonds is 9. The first kappa shape index (κ1) is 33.9. The van der Waals surface area contributed by atoms with Gasteiger partial charge in [-0.25, -0.2) is 19.6 Å². The second kappa shape index (κ2) is 14.7. The minimum Gasteiger partial charge on any atom is -0.453 e. The average molecular weight is 684 g/mol. The van der Waals surface area contributed by atoms with Gasteiger partial charge in [-0.2, -0.15) is 0 Å². The van der Waals surface area contributed by atoms with Crippen LogP contribution in [-0.4, -0.2) is 86.2 Å². The molecule has 17 nitrogen and oxygen atoms in total. The molecule has 0 aliphatic carbocycles. The van der Waals surface area contributed by atoms with Crippen LogP contribution >= 0.6 is 0 Å². The maximum absolute atomic E-state index is 12.9. The number of hydrogen-bond donors (Lipinski definition) is 6. The van der Waals surface area contributed by atoms with Crippen LogP contribution in [0.4, 0.5) is 9.59 Å². The molecule has 4 aromatic rings. The number of urea groups is 1. The molecule has 2 fully saturated rings. The zero-order valence-electron chi connectivity index (χ0n) is 27.2. The Labute approximate surface area is 286 Å². The number of nitroso groups, excluding NO2 is 1. The van der Waals surface area contributed by atoms with Crippen LogP contribution in [0.15, 0.2) is 66.1 Å². The fraction of sp³-hybridized carbons (Fsp3) is 0.333. The highest BCUT2D eigenvalue weighted by molar-refractivity contribution is 5.87. The van der Waals surface area contributed by atoms with Crippen molar-refractivity contribution in [2.24, 2.45) is 16.6 Å². The summed E-state index contributed by atoms with van der Waals surface area (Å²) in [7, 11) is 1.21. The lowest BCUT2D eigenvalue weighted by Crippen LogP contribution is -2.53. The first-order valence-corrected chi connectivity index (χ1v) is 16.1. The van der Waals surface area contributed by atoms with Crippen LogP contribution in [0.5, 0.6) is 0 Å². The van der Waals surface area contributed by atoms with Crippen LogP contribution in [0, 0.1) is 4.91 Å². The number of aromatic amines is 2. The van der Waals surface area contributed by atoms with E-state index in [4.69, 9.17) is 11.5 Å². The Hall–Kier alpha value is -5.94. The summed E-state index contributed by atoms with van der Waals surface area (Å²) in [4.78, 5) is 77.9. The fourth-order valence-electron chi connectivity index (χ4n) is 6.45. The van der Waals surface area contributed by atoms with Gasteiger partial charge in [-0.3, -0.25) is 14.9 Å². The van der Waals surface area contributed by atoms with Crippen molar-refractivity contribution >= 4 is 23.9 Å². The summed E-state index contributed by atoms with van der Waals surface area (Å²) >= 11 is 0. The van der Waals surface area contributed by atoms with Crippen molar-refractivity contribution in [3.05, 3.63) is 77.5 Å². The number of benzene rings is 2. The van der Waals surface area contributed by atoms with Crippen molar-refractivity contribution in [1.82, 2.24) is 40.4 Å². The lowest BCUT2D eigenvalue weighted by atomic mass is 10.0. The number of nitrogens with one attached hydrogen (secondary N) is 4. The summed E-state index contributed by atoms with van der Waals surface area (Å²) in [6.45, 7) is 0.949. The first-order chi connectivity index (χ1) is 24.2. The number of carbonyl (C=O) groups excluding carboxylic acids is 4. The molecule has 0 bridgehead atoms. The Balaban J connectivity index is 1.09. The molecule has 260 valence electrons. The molecule has 17 heteroatoms. The molecule has 0 unspecified atom stereocenters. The fourth-order valence-corrected chi connectivity index (χ4v) is 6.45. The number of carbonyl (C=O) groups is 4. The van der Waals surface area contributed by atoms with Crippen LogP contribution in [0.1, 0.15) is 49.4 Å². The van der Waals surface area contributed by atoms with Crippen molar-refractivity contribution in [2.75, 3.05) is 20.2 Å². The highest BCUT2D eigenvalue weighted by atomic mass is 16.5. The number of amides is 5. The average Bonchev–Trinajstić information content (AvgIpc) is 3.97. The number of nitrogens with two attached hydrogens (primary N) is 2. The van der Waals surface area contributed by atoms with Gasteiger partial charge in [0.15, 0.2) is 12.3 Å². The number of H-pyrrole nitrogens is 2. The standard InChI is InChI=1S/C33H37N11O6/c1-50-33(48)41-27(35)31(46)44-15-3-5-25(44)29-37-17-23(39-29)21-12-8-19(9-13-21)18-6-10-20(11-7-18)22-16-36-28(38-22)24-4-2-14-43(24)30(45)26(34)40-32(47)42-49/h6-13,16-17,24-27H,2-5,14-15,34-35H2,1H3,(H,36,38)(H,37,39)(H,40,47)(H,41,48)/t24-,25+,26-,27+/m0/s1. The van der Waals surface area contributed by atoms with Gasteiger partial charge in [0, 0.05) is 18.3 Å². The predicted octanol–water partition coefficient (Wildman–Crippen LogP) is 2.86. The summed E-state index contributed by atoms with van der Waals surface area (Å²) in [5.41, 5.74) is 17.1. The molecule has 4 heterocycles. The molecule has 0 spiro atoms. The zero-order chi connectivity index (χ0) is 35.4. The molecular weight excluding hydrogens is 646 g/mol.